The number of thioether (sulfide) groups is 1. The summed E-state index contributed by atoms with van der Waals surface area (Å²) in [6.45, 7) is 1.63. The van der Waals surface area contributed by atoms with Crippen molar-refractivity contribution in [2.75, 3.05) is 12.9 Å². The molecule has 1 atom stereocenters. The van der Waals surface area contributed by atoms with Gasteiger partial charge in [-0.15, -0.1) is 5.10 Å². The second kappa shape index (κ2) is 7.91. The molecule has 0 spiro atoms. The number of nitrogens with one attached hydrogen (secondary N) is 1. The van der Waals surface area contributed by atoms with E-state index in [9.17, 15) is 9.59 Å². The van der Waals surface area contributed by atoms with Gasteiger partial charge in [0.05, 0.1) is 7.11 Å². The molecule has 128 valence electrons. The first-order chi connectivity index (χ1) is 11.5. The standard InChI is InChI=1S/C15H19N5O3S/c1-15(13(22)23-3,11-7-5-4-6-8-11)16-12(21)9-10-24-14-17-18-19-20(14)2/h4-8H,9-10H2,1-3H3,(H,16,21)/t15-/m1/s1. The van der Waals surface area contributed by atoms with Crippen LogP contribution in [0.5, 0.6) is 0 Å². The highest BCUT2D eigenvalue weighted by molar-refractivity contribution is 7.99. The normalized spacial score (nSPS) is 13.1. The molecule has 0 aliphatic carbocycles. The third kappa shape index (κ3) is 4.10. The molecule has 1 aromatic heterocycles. The highest BCUT2D eigenvalue weighted by Gasteiger charge is 2.37. The molecule has 0 aliphatic rings. The smallest absolute Gasteiger partial charge is 0.336 e. The Kier molecular flexibility index (Phi) is 5.91. The van der Waals surface area contributed by atoms with Crippen molar-refractivity contribution < 1.29 is 14.3 Å². The Bertz CT molecular complexity index is 706. The lowest BCUT2D eigenvalue weighted by molar-refractivity contribution is -0.150. The van der Waals surface area contributed by atoms with Crippen LogP contribution in [0.15, 0.2) is 35.5 Å². The van der Waals surface area contributed by atoms with E-state index in [0.29, 0.717) is 16.5 Å². The van der Waals surface area contributed by atoms with Crippen LogP contribution < -0.4 is 5.32 Å². The molecular weight excluding hydrogens is 330 g/mol. The van der Waals surface area contributed by atoms with Gasteiger partial charge in [0.15, 0.2) is 5.54 Å². The van der Waals surface area contributed by atoms with E-state index in [0.717, 1.165) is 0 Å². The van der Waals surface area contributed by atoms with Crippen molar-refractivity contribution in [3.05, 3.63) is 35.9 Å². The zero-order chi connectivity index (χ0) is 17.6. The van der Waals surface area contributed by atoms with Gasteiger partial charge in [-0.3, -0.25) is 4.79 Å². The Morgan fingerprint density at radius 3 is 2.62 bits per heavy atom. The van der Waals surface area contributed by atoms with E-state index in [4.69, 9.17) is 4.74 Å². The molecule has 0 radical (unpaired) electrons. The lowest BCUT2D eigenvalue weighted by Gasteiger charge is -2.28. The molecule has 2 aromatic rings. The largest absolute Gasteiger partial charge is 0.467 e. The minimum atomic E-state index is -1.23. The maximum absolute atomic E-state index is 12.3. The fraction of sp³-hybridized carbons (Fsp3) is 0.400. The summed E-state index contributed by atoms with van der Waals surface area (Å²) in [6.07, 6.45) is 0.219. The summed E-state index contributed by atoms with van der Waals surface area (Å²) in [6, 6.07) is 9.00. The summed E-state index contributed by atoms with van der Waals surface area (Å²) in [7, 11) is 3.03. The Labute approximate surface area is 144 Å². The van der Waals surface area contributed by atoms with E-state index in [1.807, 2.05) is 6.07 Å². The molecule has 0 unspecified atom stereocenters. The zero-order valence-electron chi connectivity index (χ0n) is 13.7. The van der Waals surface area contributed by atoms with Gasteiger partial charge in [0.1, 0.15) is 0 Å². The molecule has 1 aromatic carbocycles. The van der Waals surface area contributed by atoms with Gasteiger partial charge in [-0.1, -0.05) is 42.1 Å². The number of ether oxygens (including phenoxy) is 1. The average Bonchev–Trinajstić information content (AvgIpc) is 3.00. The second-order valence-corrected chi connectivity index (χ2v) is 6.28. The monoisotopic (exact) mass is 349 g/mol. The van der Waals surface area contributed by atoms with Crippen LogP contribution in [0, 0.1) is 0 Å². The Morgan fingerprint density at radius 2 is 2.04 bits per heavy atom. The molecule has 8 nitrogen and oxygen atoms in total. The van der Waals surface area contributed by atoms with Gasteiger partial charge in [-0.2, -0.15) is 0 Å². The van der Waals surface area contributed by atoms with E-state index in [1.165, 1.54) is 23.6 Å². The van der Waals surface area contributed by atoms with Crippen molar-refractivity contribution >= 4 is 23.6 Å². The maximum atomic E-state index is 12.3. The number of aryl methyl sites for hydroxylation is 1. The lowest BCUT2D eigenvalue weighted by Crippen LogP contribution is -2.50. The fourth-order valence-corrected chi connectivity index (χ4v) is 2.92. The van der Waals surface area contributed by atoms with Gasteiger partial charge in [-0.25, -0.2) is 9.48 Å². The molecule has 0 bridgehead atoms. The summed E-state index contributed by atoms with van der Waals surface area (Å²) >= 11 is 1.37. The number of carbonyl (C=O) groups is 2. The van der Waals surface area contributed by atoms with Crippen molar-refractivity contribution in [2.45, 2.75) is 24.0 Å². The van der Waals surface area contributed by atoms with Crippen molar-refractivity contribution in [3.63, 3.8) is 0 Å². The number of hydrogen-bond donors (Lipinski definition) is 1. The molecule has 1 N–H and O–H groups in total. The summed E-state index contributed by atoms with van der Waals surface area (Å²) < 4.78 is 6.39. The first-order valence-electron chi connectivity index (χ1n) is 7.27. The van der Waals surface area contributed by atoms with Crippen LogP contribution in [0.4, 0.5) is 0 Å². The number of benzene rings is 1. The van der Waals surface area contributed by atoms with Crippen molar-refractivity contribution in [2.24, 2.45) is 7.05 Å². The first kappa shape index (κ1) is 17.9. The van der Waals surface area contributed by atoms with Crippen LogP contribution in [-0.2, 0) is 26.9 Å². The third-order valence-electron chi connectivity index (χ3n) is 3.48. The Hall–Kier alpha value is -2.42. The number of aromatic nitrogens is 4. The zero-order valence-corrected chi connectivity index (χ0v) is 14.5. The molecule has 0 saturated heterocycles. The SMILES string of the molecule is COC(=O)[C@](C)(NC(=O)CCSc1nnnn1C)c1ccccc1. The van der Waals surface area contributed by atoms with E-state index in [-0.39, 0.29) is 12.3 Å². The molecular formula is C15H19N5O3S. The number of methoxy groups -OCH3 is 1. The lowest BCUT2D eigenvalue weighted by atomic mass is 9.92. The number of carbonyl (C=O) groups excluding carboxylic acids is 2. The van der Waals surface area contributed by atoms with Gasteiger partial charge >= 0.3 is 5.97 Å². The first-order valence-corrected chi connectivity index (χ1v) is 8.26. The van der Waals surface area contributed by atoms with Gasteiger partial charge in [-0.05, 0) is 22.9 Å². The van der Waals surface area contributed by atoms with Crippen LogP contribution in [-0.4, -0.2) is 44.9 Å². The second-order valence-electron chi connectivity index (χ2n) is 5.21. The molecule has 24 heavy (non-hydrogen) atoms. The number of hydrogen-bond acceptors (Lipinski definition) is 7. The summed E-state index contributed by atoms with van der Waals surface area (Å²) in [4.78, 5) is 24.5. The van der Waals surface area contributed by atoms with Crippen LogP contribution in [0.3, 0.4) is 0 Å². The summed E-state index contributed by atoms with van der Waals surface area (Å²) in [5.74, 6) is -0.284. The van der Waals surface area contributed by atoms with Crippen LogP contribution in [0.1, 0.15) is 18.9 Å². The number of tetrazole rings is 1. The predicted octanol–water partition coefficient (Wildman–Crippen LogP) is 0.897. The van der Waals surface area contributed by atoms with Gasteiger partial charge in [0, 0.05) is 19.2 Å². The van der Waals surface area contributed by atoms with E-state index in [2.05, 4.69) is 20.8 Å². The van der Waals surface area contributed by atoms with Crippen LogP contribution >= 0.6 is 11.8 Å². The van der Waals surface area contributed by atoms with E-state index < -0.39 is 11.5 Å². The molecule has 1 heterocycles. The number of amides is 1. The number of nitrogens with zero attached hydrogens (tertiary/aromatic N) is 4. The number of esters is 1. The van der Waals surface area contributed by atoms with Gasteiger partial charge in [0.2, 0.25) is 11.1 Å². The fourth-order valence-electron chi connectivity index (χ4n) is 2.14. The van der Waals surface area contributed by atoms with E-state index >= 15 is 0 Å². The topological polar surface area (TPSA) is 99.0 Å². The molecule has 0 fully saturated rings. The van der Waals surface area contributed by atoms with Crippen LogP contribution in [0.25, 0.3) is 0 Å². The Morgan fingerprint density at radius 1 is 1.33 bits per heavy atom. The molecule has 0 aliphatic heterocycles. The highest BCUT2D eigenvalue weighted by Crippen LogP contribution is 2.23. The van der Waals surface area contributed by atoms with Gasteiger partial charge < -0.3 is 10.1 Å². The Balaban J connectivity index is 2.00. The van der Waals surface area contributed by atoms with Crippen molar-refractivity contribution in [1.29, 1.82) is 0 Å². The van der Waals surface area contributed by atoms with Gasteiger partial charge in [0.25, 0.3) is 0 Å². The minimum Gasteiger partial charge on any atom is -0.467 e. The third-order valence-corrected chi connectivity index (χ3v) is 4.49. The molecule has 2 rings (SSSR count). The summed E-state index contributed by atoms with van der Waals surface area (Å²) in [5.41, 5.74) is -0.570. The number of rotatable bonds is 7. The molecule has 9 heteroatoms. The molecule has 1 amide bonds. The summed E-state index contributed by atoms with van der Waals surface area (Å²) in [5, 5.41) is 14.5. The van der Waals surface area contributed by atoms with Crippen molar-refractivity contribution in [1.82, 2.24) is 25.5 Å². The van der Waals surface area contributed by atoms with Crippen molar-refractivity contribution in [3.8, 4) is 0 Å². The maximum Gasteiger partial charge on any atom is 0.336 e. The van der Waals surface area contributed by atoms with E-state index in [1.54, 1.807) is 38.2 Å². The average molecular weight is 349 g/mol. The van der Waals surface area contributed by atoms with Crippen LogP contribution in [0.2, 0.25) is 0 Å². The predicted molar refractivity (Wildman–Crippen MR) is 88.1 cm³/mol. The quantitative estimate of drug-likeness (QED) is 0.585. The highest BCUT2D eigenvalue weighted by atomic mass is 32.2. The minimum absolute atomic E-state index is 0.219. The molecule has 0 saturated carbocycles.